The van der Waals surface area contributed by atoms with E-state index in [1.165, 1.54) is 12.1 Å². The zero-order valence-corrected chi connectivity index (χ0v) is 11.6. The van der Waals surface area contributed by atoms with Crippen molar-refractivity contribution in [3.63, 3.8) is 0 Å². The number of amides is 1. The fourth-order valence-electron chi connectivity index (χ4n) is 1.19. The summed E-state index contributed by atoms with van der Waals surface area (Å²) in [6.45, 7) is 5.62. The molecule has 94 valence electrons. The van der Waals surface area contributed by atoms with E-state index in [0.29, 0.717) is 10.2 Å². The van der Waals surface area contributed by atoms with Gasteiger partial charge in [0.25, 0.3) is 0 Å². The second-order valence-electron chi connectivity index (χ2n) is 4.96. The summed E-state index contributed by atoms with van der Waals surface area (Å²) in [6, 6.07) is 3.75. The number of hydrogen-bond donors (Lipinski definition) is 2. The number of nitrogens with two attached hydrogens (primary N) is 1. The molecule has 0 bridgehead atoms. The van der Waals surface area contributed by atoms with Gasteiger partial charge < -0.3 is 11.1 Å². The summed E-state index contributed by atoms with van der Waals surface area (Å²) in [5.74, 6) is -0.744. The van der Waals surface area contributed by atoms with Crippen LogP contribution in [0.5, 0.6) is 0 Å². The lowest BCUT2D eigenvalue weighted by molar-refractivity contribution is -0.119. The lowest BCUT2D eigenvalue weighted by Gasteiger charge is -2.25. The Morgan fingerprint density at radius 2 is 2.06 bits per heavy atom. The minimum Gasteiger partial charge on any atom is -0.325 e. The quantitative estimate of drug-likeness (QED) is 0.882. The van der Waals surface area contributed by atoms with Gasteiger partial charge >= 0.3 is 0 Å². The van der Waals surface area contributed by atoms with Gasteiger partial charge in [0.2, 0.25) is 5.91 Å². The molecule has 0 spiro atoms. The molecule has 0 heterocycles. The Hall–Kier alpha value is -0.940. The van der Waals surface area contributed by atoms with Crippen LogP contribution in [0.25, 0.3) is 0 Å². The molecule has 0 fully saturated rings. The van der Waals surface area contributed by atoms with Crippen LogP contribution < -0.4 is 11.1 Å². The maximum atomic E-state index is 13.2. The average Bonchev–Trinajstić information content (AvgIpc) is 2.21. The number of carbonyl (C=O) groups is 1. The molecule has 1 atom stereocenters. The van der Waals surface area contributed by atoms with E-state index in [-0.39, 0.29) is 11.3 Å². The number of nitrogens with one attached hydrogen (secondary N) is 1. The van der Waals surface area contributed by atoms with Crippen molar-refractivity contribution in [1.29, 1.82) is 0 Å². The minimum atomic E-state index is -0.644. The van der Waals surface area contributed by atoms with Crippen molar-refractivity contribution in [2.75, 3.05) is 5.32 Å². The van der Waals surface area contributed by atoms with Crippen LogP contribution in [0.15, 0.2) is 22.7 Å². The summed E-state index contributed by atoms with van der Waals surface area (Å²) < 4.78 is 13.6. The smallest absolute Gasteiger partial charge is 0.241 e. The van der Waals surface area contributed by atoms with Crippen molar-refractivity contribution in [3.8, 4) is 0 Å². The molecule has 1 aromatic rings. The first-order chi connectivity index (χ1) is 7.71. The van der Waals surface area contributed by atoms with Gasteiger partial charge in [-0.1, -0.05) is 20.8 Å². The van der Waals surface area contributed by atoms with E-state index in [2.05, 4.69) is 21.2 Å². The molecular formula is C12H16BrFN2O. The third-order valence-electron chi connectivity index (χ3n) is 2.40. The van der Waals surface area contributed by atoms with E-state index in [0.717, 1.165) is 0 Å². The van der Waals surface area contributed by atoms with Gasteiger partial charge in [0, 0.05) is 5.69 Å². The molecule has 0 aliphatic rings. The first-order valence-electron chi connectivity index (χ1n) is 5.23. The first-order valence-corrected chi connectivity index (χ1v) is 6.02. The highest BCUT2D eigenvalue weighted by Crippen LogP contribution is 2.21. The Labute approximate surface area is 109 Å². The number of hydrogen-bond acceptors (Lipinski definition) is 2. The summed E-state index contributed by atoms with van der Waals surface area (Å²) in [4.78, 5) is 11.8. The normalized spacial score (nSPS) is 13.3. The van der Waals surface area contributed by atoms with Crippen molar-refractivity contribution >= 4 is 27.5 Å². The molecule has 1 amide bonds. The van der Waals surface area contributed by atoms with Gasteiger partial charge in [-0.2, -0.15) is 0 Å². The Kier molecular flexibility index (Phi) is 4.27. The van der Waals surface area contributed by atoms with Crippen molar-refractivity contribution in [1.82, 2.24) is 0 Å². The largest absolute Gasteiger partial charge is 0.325 e. The predicted octanol–water partition coefficient (Wildman–Crippen LogP) is 2.90. The standard InChI is InChI=1S/C12H16BrFN2O/c1-12(2,3)10(15)11(17)16-7-4-5-8(13)9(14)6-7/h4-6,10H,15H2,1-3H3,(H,16,17). The van der Waals surface area contributed by atoms with Crippen LogP contribution in [0, 0.1) is 11.2 Å². The van der Waals surface area contributed by atoms with Crippen LogP contribution in [0.4, 0.5) is 10.1 Å². The molecule has 1 aromatic carbocycles. The Morgan fingerprint density at radius 1 is 1.47 bits per heavy atom. The lowest BCUT2D eigenvalue weighted by atomic mass is 9.87. The second kappa shape index (κ2) is 5.14. The molecule has 3 N–H and O–H groups in total. The fourth-order valence-corrected chi connectivity index (χ4v) is 1.43. The van der Waals surface area contributed by atoms with Crippen molar-refractivity contribution in [2.24, 2.45) is 11.1 Å². The van der Waals surface area contributed by atoms with Gasteiger partial charge in [0.1, 0.15) is 5.82 Å². The lowest BCUT2D eigenvalue weighted by Crippen LogP contribution is -2.45. The molecule has 3 nitrogen and oxygen atoms in total. The topological polar surface area (TPSA) is 55.1 Å². The summed E-state index contributed by atoms with van der Waals surface area (Å²) in [7, 11) is 0. The van der Waals surface area contributed by atoms with Crippen LogP contribution in [-0.4, -0.2) is 11.9 Å². The number of rotatable bonds is 2. The monoisotopic (exact) mass is 302 g/mol. The molecule has 1 rings (SSSR count). The zero-order chi connectivity index (χ0) is 13.2. The highest BCUT2D eigenvalue weighted by Gasteiger charge is 2.27. The molecule has 0 saturated carbocycles. The molecule has 17 heavy (non-hydrogen) atoms. The number of carbonyl (C=O) groups excluding carboxylic acids is 1. The van der Waals surface area contributed by atoms with E-state index in [4.69, 9.17) is 5.73 Å². The minimum absolute atomic E-state index is 0.320. The van der Waals surface area contributed by atoms with E-state index in [1.54, 1.807) is 6.07 Å². The van der Waals surface area contributed by atoms with Crippen LogP contribution in [0.3, 0.4) is 0 Å². The van der Waals surface area contributed by atoms with Crippen LogP contribution in [-0.2, 0) is 4.79 Å². The predicted molar refractivity (Wildman–Crippen MR) is 70.2 cm³/mol. The molecule has 0 saturated heterocycles. The third-order valence-corrected chi connectivity index (χ3v) is 3.05. The number of benzene rings is 1. The molecule has 5 heteroatoms. The number of halogens is 2. The van der Waals surface area contributed by atoms with Gasteiger partial charge in [0.05, 0.1) is 10.5 Å². The number of anilines is 1. The highest BCUT2D eigenvalue weighted by atomic mass is 79.9. The van der Waals surface area contributed by atoms with E-state index >= 15 is 0 Å². The van der Waals surface area contributed by atoms with Gasteiger partial charge in [0.15, 0.2) is 0 Å². The SMILES string of the molecule is CC(C)(C)C(N)C(=O)Nc1ccc(Br)c(F)c1. The Bertz CT molecular complexity index is 429. The van der Waals surface area contributed by atoms with Crippen LogP contribution in [0.2, 0.25) is 0 Å². The summed E-state index contributed by atoms with van der Waals surface area (Å²) >= 11 is 3.04. The van der Waals surface area contributed by atoms with Crippen molar-refractivity contribution < 1.29 is 9.18 Å². The molecular weight excluding hydrogens is 287 g/mol. The Morgan fingerprint density at radius 3 is 2.53 bits per heavy atom. The molecule has 0 aliphatic carbocycles. The fraction of sp³-hybridized carbons (Fsp3) is 0.417. The summed E-state index contributed by atoms with van der Waals surface area (Å²) in [5.41, 5.74) is 5.86. The van der Waals surface area contributed by atoms with Crippen LogP contribution in [0.1, 0.15) is 20.8 Å². The third kappa shape index (κ3) is 3.78. The zero-order valence-electron chi connectivity index (χ0n) is 10.1. The van der Waals surface area contributed by atoms with Crippen molar-refractivity contribution in [2.45, 2.75) is 26.8 Å². The molecule has 1 unspecified atom stereocenters. The van der Waals surface area contributed by atoms with Gasteiger partial charge in [-0.25, -0.2) is 4.39 Å². The maximum Gasteiger partial charge on any atom is 0.241 e. The molecule has 0 aliphatic heterocycles. The first kappa shape index (κ1) is 14.1. The maximum absolute atomic E-state index is 13.2. The van der Waals surface area contributed by atoms with E-state index in [1.807, 2.05) is 20.8 Å². The Balaban J connectivity index is 2.78. The van der Waals surface area contributed by atoms with E-state index in [9.17, 15) is 9.18 Å². The van der Waals surface area contributed by atoms with Crippen molar-refractivity contribution in [3.05, 3.63) is 28.5 Å². The second-order valence-corrected chi connectivity index (χ2v) is 5.82. The van der Waals surface area contributed by atoms with Gasteiger partial charge in [-0.3, -0.25) is 4.79 Å². The van der Waals surface area contributed by atoms with E-state index < -0.39 is 11.9 Å². The molecule has 0 aromatic heterocycles. The summed E-state index contributed by atoms with van der Waals surface area (Å²) in [5, 5.41) is 2.59. The summed E-state index contributed by atoms with van der Waals surface area (Å²) in [6.07, 6.45) is 0. The average molecular weight is 303 g/mol. The van der Waals surface area contributed by atoms with Gasteiger partial charge in [-0.05, 0) is 39.5 Å². The molecule has 0 radical (unpaired) electrons. The van der Waals surface area contributed by atoms with Crippen LogP contribution >= 0.6 is 15.9 Å². The van der Waals surface area contributed by atoms with Gasteiger partial charge in [-0.15, -0.1) is 0 Å². The highest BCUT2D eigenvalue weighted by molar-refractivity contribution is 9.10.